The molecule has 0 aliphatic rings. The number of aromatic carboxylic acids is 1. The number of nitrogens with zero attached hydrogens (tertiary/aromatic N) is 1. The Balaban J connectivity index is 2.45. The summed E-state index contributed by atoms with van der Waals surface area (Å²) in [4.78, 5) is 21.8. The molecule has 0 amide bonds. The molecule has 25 heavy (non-hydrogen) atoms. The number of hydrogen-bond acceptors (Lipinski definition) is 4. The molecule has 0 atom stereocenters. The van der Waals surface area contributed by atoms with Gasteiger partial charge >= 0.3 is 11.9 Å². The van der Waals surface area contributed by atoms with Crippen molar-refractivity contribution >= 4 is 43.6 Å². The fourth-order valence-electron chi connectivity index (χ4n) is 2.09. The van der Waals surface area contributed by atoms with Gasteiger partial charge in [0.15, 0.2) is 0 Å². The second kappa shape index (κ2) is 7.66. The van der Waals surface area contributed by atoms with Crippen molar-refractivity contribution in [2.75, 3.05) is 10.8 Å². The van der Waals surface area contributed by atoms with Crippen LogP contribution in [-0.2, 0) is 14.8 Å². The highest BCUT2D eigenvalue weighted by Crippen LogP contribution is 2.25. The van der Waals surface area contributed by atoms with Gasteiger partial charge in [-0.2, -0.15) is 0 Å². The zero-order chi connectivity index (χ0) is 18.6. The Morgan fingerprint density at radius 2 is 1.52 bits per heavy atom. The van der Waals surface area contributed by atoms with Crippen LogP contribution in [0.3, 0.4) is 0 Å². The standard InChI is InChI=1S/C16H14BrNO6S/c17-12-3-7-14(8-4-12)25(23,24)18(10-9-15(19)20)13-5-1-11(2-6-13)16(21)22/h1-8H,9-10H2,(H,19,20)(H,21,22). The van der Waals surface area contributed by atoms with Gasteiger partial charge in [0.25, 0.3) is 10.0 Å². The molecule has 2 aromatic carbocycles. The number of carboxylic acids is 2. The Morgan fingerprint density at radius 3 is 2.00 bits per heavy atom. The van der Waals surface area contributed by atoms with Crippen LogP contribution in [0.25, 0.3) is 0 Å². The summed E-state index contributed by atoms with van der Waals surface area (Å²) in [6, 6.07) is 11.1. The molecule has 0 spiro atoms. The lowest BCUT2D eigenvalue weighted by molar-refractivity contribution is -0.136. The fraction of sp³-hybridized carbons (Fsp3) is 0.125. The molecule has 7 nitrogen and oxygen atoms in total. The third kappa shape index (κ3) is 4.58. The van der Waals surface area contributed by atoms with E-state index in [4.69, 9.17) is 10.2 Å². The van der Waals surface area contributed by atoms with E-state index in [0.29, 0.717) is 4.47 Å². The third-order valence-electron chi connectivity index (χ3n) is 3.33. The van der Waals surface area contributed by atoms with E-state index in [2.05, 4.69) is 15.9 Å². The van der Waals surface area contributed by atoms with E-state index in [-0.39, 0.29) is 22.7 Å². The highest BCUT2D eigenvalue weighted by atomic mass is 79.9. The van der Waals surface area contributed by atoms with Gasteiger partial charge in [-0.05, 0) is 48.5 Å². The van der Waals surface area contributed by atoms with Crippen molar-refractivity contribution in [1.82, 2.24) is 0 Å². The molecule has 0 heterocycles. The molecule has 0 fully saturated rings. The van der Waals surface area contributed by atoms with Crippen molar-refractivity contribution < 1.29 is 28.2 Å². The molecule has 0 saturated carbocycles. The van der Waals surface area contributed by atoms with Crippen LogP contribution in [0, 0.1) is 0 Å². The first-order chi connectivity index (χ1) is 11.7. The summed E-state index contributed by atoms with van der Waals surface area (Å²) in [5.74, 6) is -2.28. The van der Waals surface area contributed by atoms with Gasteiger partial charge in [0, 0.05) is 11.0 Å². The Bertz CT molecular complexity index is 878. The largest absolute Gasteiger partial charge is 0.481 e. The molecule has 132 valence electrons. The zero-order valence-corrected chi connectivity index (χ0v) is 15.2. The van der Waals surface area contributed by atoms with Crippen LogP contribution < -0.4 is 4.31 Å². The molecule has 2 rings (SSSR count). The van der Waals surface area contributed by atoms with E-state index in [9.17, 15) is 18.0 Å². The molecule has 0 aliphatic carbocycles. The van der Waals surface area contributed by atoms with E-state index < -0.39 is 28.4 Å². The molecule has 2 aromatic rings. The maximum atomic E-state index is 12.9. The minimum Gasteiger partial charge on any atom is -0.481 e. The predicted octanol–water partition coefficient (Wildman–Crippen LogP) is 2.82. The summed E-state index contributed by atoms with van der Waals surface area (Å²) in [6.45, 7) is -0.278. The van der Waals surface area contributed by atoms with Crippen LogP contribution in [0.1, 0.15) is 16.8 Å². The first kappa shape index (κ1) is 18.9. The number of rotatable bonds is 7. The number of benzene rings is 2. The number of aliphatic carboxylic acids is 1. The summed E-state index contributed by atoms with van der Waals surface area (Å²) in [5, 5.41) is 17.8. The molecule has 2 N–H and O–H groups in total. The maximum Gasteiger partial charge on any atom is 0.335 e. The second-order valence-corrected chi connectivity index (χ2v) is 7.80. The van der Waals surface area contributed by atoms with E-state index in [1.165, 1.54) is 36.4 Å². The third-order valence-corrected chi connectivity index (χ3v) is 5.70. The summed E-state index contributed by atoms with van der Waals surface area (Å²) in [5.41, 5.74) is 0.192. The normalized spacial score (nSPS) is 11.1. The minimum absolute atomic E-state index is 0.00275. The minimum atomic E-state index is -4.00. The van der Waals surface area contributed by atoms with Crippen LogP contribution in [0.15, 0.2) is 57.9 Å². The van der Waals surface area contributed by atoms with Crippen molar-refractivity contribution in [3.63, 3.8) is 0 Å². The van der Waals surface area contributed by atoms with Gasteiger partial charge < -0.3 is 10.2 Å². The lowest BCUT2D eigenvalue weighted by Gasteiger charge is -2.24. The Morgan fingerprint density at radius 1 is 0.960 bits per heavy atom. The Labute approximate surface area is 152 Å². The molecule has 0 aliphatic heterocycles. The zero-order valence-electron chi connectivity index (χ0n) is 12.8. The number of halogens is 1. The molecule has 0 unspecified atom stereocenters. The van der Waals surface area contributed by atoms with Gasteiger partial charge in [0.05, 0.1) is 22.6 Å². The molecule has 0 bridgehead atoms. The van der Waals surface area contributed by atoms with E-state index in [0.717, 1.165) is 4.31 Å². The lowest BCUT2D eigenvalue weighted by atomic mass is 10.2. The number of sulfonamides is 1. The second-order valence-electron chi connectivity index (χ2n) is 5.03. The van der Waals surface area contributed by atoms with Crippen LogP contribution >= 0.6 is 15.9 Å². The lowest BCUT2D eigenvalue weighted by Crippen LogP contribution is -2.33. The number of hydrogen-bond donors (Lipinski definition) is 2. The Hall–Kier alpha value is -2.39. The van der Waals surface area contributed by atoms with Gasteiger partial charge in [-0.15, -0.1) is 0 Å². The molecular weight excluding hydrogens is 414 g/mol. The predicted molar refractivity (Wildman–Crippen MR) is 94.3 cm³/mol. The Kier molecular flexibility index (Phi) is 5.81. The SMILES string of the molecule is O=C(O)CCN(c1ccc(C(=O)O)cc1)S(=O)(=O)c1ccc(Br)cc1. The molecule has 0 radical (unpaired) electrons. The van der Waals surface area contributed by atoms with E-state index in [1.807, 2.05) is 0 Å². The van der Waals surface area contributed by atoms with Crippen LogP contribution in [0.4, 0.5) is 5.69 Å². The molecule has 0 saturated heterocycles. The van der Waals surface area contributed by atoms with Crippen molar-refractivity contribution in [3.05, 3.63) is 58.6 Å². The smallest absolute Gasteiger partial charge is 0.335 e. The average molecular weight is 428 g/mol. The molecule has 0 aromatic heterocycles. The van der Waals surface area contributed by atoms with Crippen molar-refractivity contribution in [3.8, 4) is 0 Å². The quantitative estimate of drug-likeness (QED) is 0.702. The topological polar surface area (TPSA) is 112 Å². The summed E-state index contributed by atoms with van der Waals surface area (Å²) >= 11 is 3.22. The summed E-state index contributed by atoms with van der Waals surface area (Å²) < 4.78 is 27.4. The van der Waals surface area contributed by atoms with E-state index in [1.54, 1.807) is 12.1 Å². The monoisotopic (exact) mass is 427 g/mol. The maximum absolute atomic E-state index is 12.9. The van der Waals surface area contributed by atoms with Crippen LogP contribution in [0.2, 0.25) is 0 Å². The van der Waals surface area contributed by atoms with Gasteiger partial charge in [0.2, 0.25) is 0 Å². The first-order valence-corrected chi connectivity index (χ1v) is 9.28. The number of anilines is 1. The highest BCUT2D eigenvalue weighted by molar-refractivity contribution is 9.10. The van der Waals surface area contributed by atoms with Crippen LogP contribution in [0.5, 0.6) is 0 Å². The first-order valence-electron chi connectivity index (χ1n) is 7.05. The molecular formula is C16H14BrNO6S. The van der Waals surface area contributed by atoms with Gasteiger partial charge in [-0.1, -0.05) is 15.9 Å². The van der Waals surface area contributed by atoms with Crippen molar-refractivity contribution in [2.24, 2.45) is 0 Å². The highest BCUT2D eigenvalue weighted by Gasteiger charge is 2.25. The number of carboxylic acid groups (broad SMARTS) is 2. The van der Waals surface area contributed by atoms with Crippen molar-refractivity contribution in [1.29, 1.82) is 0 Å². The molecule has 9 heteroatoms. The van der Waals surface area contributed by atoms with Crippen molar-refractivity contribution in [2.45, 2.75) is 11.3 Å². The van der Waals surface area contributed by atoms with Gasteiger partial charge in [-0.25, -0.2) is 13.2 Å². The summed E-state index contributed by atoms with van der Waals surface area (Å²) in [7, 11) is -4.00. The van der Waals surface area contributed by atoms with Gasteiger partial charge in [-0.3, -0.25) is 9.10 Å². The van der Waals surface area contributed by atoms with E-state index >= 15 is 0 Å². The summed E-state index contributed by atoms with van der Waals surface area (Å²) in [6.07, 6.45) is -0.392. The average Bonchev–Trinajstić information content (AvgIpc) is 2.55. The number of carbonyl (C=O) groups is 2. The van der Waals surface area contributed by atoms with Gasteiger partial charge in [0.1, 0.15) is 0 Å². The van der Waals surface area contributed by atoms with Crippen LogP contribution in [-0.4, -0.2) is 37.1 Å². The fourth-order valence-corrected chi connectivity index (χ4v) is 3.82.